The van der Waals surface area contributed by atoms with Gasteiger partial charge in [0.15, 0.2) is 0 Å². The Morgan fingerprint density at radius 1 is 1.26 bits per heavy atom. The van der Waals surface area contributed by atoms with E-state index in [1.165, 1.54) is 12.8 Å². The fourth-order valence-corrected chi connectivity index (χ4v) is 3.92. The molecule has 5 heteroatoms. The summed E-state index contributed by atoms with van der Waals surface area (Å²) in [7, 11) is 0. The molecular weight excluding hydrogens is 354 g/mol. The first-order valence-corrected chi connectivity index (χ1v) is 9.37. The van der Waals surface area contributed by atoms with Crippen molar-refractivity contribution in [2.24, 2.45) is 0 Å². The largest absolute Gasteiger partial charge is 0.337 e. The molecular formula is C18H24BrN3O. The molecule has 0 saturated carbocycles. The van der Waals surface area contributed by atoms with Crippen LogP contribution in [0.4, 0.5) is 0 Å². The van der Waals surface area contributed by atoms with Crippen LogP contribution in [0.1, 0.15) is 60.8 Å². The highest BCUT2D eigenvalue weighted by Crippen LogP contribution is 2.23. The van der Waals surface area contributed by atoms with Crippen LogP contribution in [0, 0.1) is 6.92 Å². The summed E-state index contributed by atoms with van der Waals surface area (Å²) >= 11 is 3.55. The second-order valence-corrected chi connectivity index (χ2v) is 7.31. The summed E-state index contributed by atoms with van der Waals surface area (Å²) in [6.07, 6.45) is 8.47. The van der Waals surface area contributed by atoms with E-state index < -0.39 is 0 Å². The van der Waals surface area contributed by atoms with Crippen molar-refractivity contribution in [2.75, 3.05) is 13.1 Å². The molecule has 1 saturated heterocycles. The van der Waals surface area contributed by atoms with Gasteiger partial charge in [0.25, 0.3) is 5.91 Å². The predicted molar refractivity (Wildman–Crippen MR) is 96.0 cm³/mol. The van der Waals surface area contributed by atoms with Crippen LogP contribution in [-0.4, -0.2) is 33.3 Å². The summed E-state index contributed by atoms with van der Waals surface area (Å²) in [6.45, 7) is 5.91. The van der Waals surface area contributed by atoms with Crippen LogP contribution in [0.5, 0.6) is 0 Å². The van der Waals surface area contributed by atoms with Crippen LogP contribution in [0.25, 0.3) is 5.65 Å². The highest BCUT2D eigenvalue weighted by atomic mass is 79.9. The number of rotatable bonds is 3. The zero-order valence-electron chi connectivity index (χ0n) is 13.9. The Balaban J connectivity index is 2.09. The molecule has 4 nitrogen and oxygen atoms in total. The van der Waals surface area contributed by atoms with Gasteiger partial charge in [-0.15, -0.1) is 0 Å². The van der Waals surface area contributed by atoms with Crippen molar-refractivity contribution in [3.05, 3.63) is 33.7 Å². The first-order valence-electron chi connectivity index (χ1n) is 8.58. The summed E-state index contributed by atoms with van der Waals surface area (Å²) in [6, 6.07) is 2.05. The molecule has 1 aliphatic rings. The number of likely N-dealkylation sites (tertiary alicyclic amines) is 1. The van der Waals surface area contributed by atoms with Gasteiger partial charge in [-0.25, -0.2) is 4.98 Å². The van der Waals surface area contributed by atoms with Crippen LogP contribution in [0.3, 0.4) is 0 Å². The summed E-state index contributed by atoms with van der Waals surface area (Å²) in [5.74, 6) is 0.139. The Kier molecular flexibility index (Phi) is 5.05. The third-order valence-corrected chi connectivity index (χ3v) is 4.96. The van der Waals surface area contributed by atoms with Gasteiger partial charge < -0.3 is 4.90 Å². The molecule has 0 unspecified atom stereocenters. The Bertz CT molecular complexity index is 715. The Morgan fingerprint density at radius 2 is 1.96 bits per heavy atom. The molecule has 124 valence electrons. The molecule has 0 spiro atoms. The fraction of sp³-hybridized carbons (Fsp3) is 0.556. The van der Waals surface area contributed by atoms with Crippen LogP contribution >= 0.6 is 15.9 Å². The summed E-state index contributed by atoms with van der Waals surface area (Å²) in [5.41, 5.74) is 3.68. The SMILES string of the molecule is CCCc1nc2c(C)cc(Br)cn2c1C(=O)N1CCCCCC1. The number of hydrogen-bond donors (Lipinski definition) is 0. The van der Waals surface area contributed by atoms with Gasteiger partial charge >= 0.3 is 0 Å². The van der Waals surface area contributed by atoms with Crippen molar-refractivity contribution < 1.29 is 4.79 Å². The van der Waals surface area contributed by atoms with Crippen molar-refractivity contribution in [1.29, 1.82) is 0 Å². The summed E-state index contributed by atoms with van der Waals surface area (Å²) < 4.78 is 2.96. The first kappa shape index (κ1) is 16.5. The minimum atomic E-state index is 0.139. The maximum atomic E-state index is 13.2. The molecule has 1 fully saturated rings. The van der Waals surface area contributed by atoms with Gasteiger partial charge in [-0.2, -0.15) is 0 Å². The quantitative estimate of drug-likeness (QED) is 0.795. The third-order valence-electron chi connectivity index (χ3n) is 4.53. The smallest absolute Gasteiger partial charge is 0.272 e. The molecule has 2 aromatic heterocycles. The Morgan fingerprint density at radius 3 is 2.61 bits per heavy atom. The predicted octanol–water partition coefficient (Wildman–Crippen LogP) is 4.37. The number of halogens is 1. The van der Waals surface area contributed by atoms with E-state index in [-0.39, 0.29) is 5.91 Å². The molecule has 3 heterocycles. The first-order chi connectivity index (χ1) is 11.1. The average molecular weight is 378 g/mol. The van der Waals surface area contributed by atoms with Gasteiger partial charge in [0.1, 0.15) is 11.3 Å². The average Bonchev–Trinajstić information content (AvgIpc) is 2.71. The van der Waals surface area contributed by atoms with Crippen LogP contribution in [0.2, 0.25) is 0 Å². The molecule has 0 N–H and O–H groups in total. The monoisotopic (exact) mass is 377 g/mol. The number of amides is 1. The maximum absolute atomic E-state index is 13.2. The minimum absolute atomic E-state index is 0.139. The summed E-state index contributed by atoms with van der Waals surface area (Å²) in [5, 5.41) is 0. The van der Waals surface area contributed by atoms with Crippen molar-refractivity contribution in [3.8, 4) is 0 Å². The van der Waals surface area contributed by atoms with E-state index in [4.69, 9.17) is 4.98 Å². The molecule has 0 aromatic carbocycles. The number of imidazole rings is 1. The van der Waals surface area contributed by atoms with Crippen molar-refractivity contribution in [1.82, 2.24) is 14.3 Å². The topological polar surface area (TPSA) is 37.6 Å². The number of aryl methyl sites for hydroxylation is 2. The molecule has 0 atom stereocenters. The van der Waals surface area contributed by atoms with Crippen molar-refractivity contribution >= 4 is 27.5 Å². The molecule has 1 aliphatic heterocycles. The molecule has 0 radical (unpaired) electrons. The lowest BCUT2D eigenvalue weighted by molar-refractivity contribution is 0.0753. The van der Waals surface area contributed by atoms with Crippen LogP contribution in [-0.2, 0) is 6.42 Å². The zero-order valence-corrected chi connectivity index (χ0v) is 15.5. The fourth-order valence-electron chi connectivity index (χ4n) is 3.38. The van der Waals surface area contributed by atoms with Gasteiger partial charge in [-0.05, 0) is 53.7 Å². The van der Waals surface area contributed by atoms with Gasteiger partial charge in [-0.3, -0.25) is 9.20 Å². The van der Waals surface area contributed by atoms with Crippen molar-refractivity contribution in [3.63, 3.8) is 0 Å². The van der Waals surface area contributed by atoms with E-state index >= 15 is 0 Å². The standard InChI is InChI=1S/C18H24BrN3O/c1-3-8-15-16(18(23)21-9-6-4-5-7-10-21)22-12-14(19)11-13(2)17(22)20-15/h11-12H,3-10H2,1-2H3. The number of hydrogen-bond acceptors (Lipinski definition) is 2. The van der Waals surface area contributed by atoms with Gasteiger partial charge in [-0.1, -0.05) is 26.2 Å². The molecule has 23 heavy (non-hydrogen) atoms. The number of nitrogens with zero attached hydrogens (tertiary/aromatic N) is 3. The zero-order chi connectivity index (χ0) is 16.4. The number of carbonyl (C=O) groups is 1. The highest BCUT2D eigenvalue weighted by Gasteiger charge is 2.25. The summed E-state index contributed by atoms with van der Waals surface area (Å²) in [4.78, 5) is 20.0. The van der Waals surface area contributed by atoms with E-state index in [1.807, 2.05) is 22.4 Å². The van der Waals surface area contributed by atoms with E-state index in [9.17, 15) is 4.79 Å². The third kappa shape index (κ3) is 3.30. The van der Waals surface area contributed by atoms with E-state index in [0.717, 1.165) is 65.8 Å². The van der Waals surface area contributed by atoms with Crippen LogP contribution < -0.4 is 0 Å². The molecule has 1 amide bonds. The van der Waals surface area contributed by atoms with E-state index in [1.54, 1.807) is 0 Å². The van der Waals surface area contributed by atoms with E-state index in [2.05, 4.69) is 28.9 Å². The number of fused-ring (bicyclic) bond motifs is 1. The van der Waals surface area contributed by atoms with Gasteiger partial charge in [0.05, 0.1) is 5.69 Å². The number of aromatic nitrogens is 2. The minimum Gasteiger partial charge on any atom is -0.337 e. The van der Waals surface area contributed by atoms with Gasteiger partial charge in [0, 0.05) is 23.8 Å². The van der Waals surface area contributed by atoms with Gasteiger partial charge in [0.2, 0.25) is 0 Å². The maximum Gasteiger partial charge on any atom is 0.272 e. The highest BCUT2D eigenvalue weighted by molar-refractivity contribution is 9.10. The second kappa shape index (κ2) is 7.04. The van der Waals surface area contributed by atoms with E-state index in [0.29, 0.717) is 0 Å². The number of pyridine rings is 1. The molecule has 2 aromatic rings. The molecule has 3 rings (SSSR count). The number of carbonyl (C=O) groups excluding carboxylic acids is 1. The molecule has 0 aliphatic carbocycles. The van der Waals surface area contributed by atoms with Crippen molar-refractivity contribution in [2.45, 2.75) is 52.4 Å². The molecule has 0 bridgehead atoms. The lowest BCUT2D eigenvalue weighted by Crippen LogP contribution is -2.33. The Labute approximate surface area is 146 Å². The Hall–Kier alpha value is -1.36. The second-order valence-electron chi connectivity index (χ2n) is 6.40. The lowest BCUT2D eigenvalue weighted by atomic mass is 10.2. The lowest BCUT2D eigenvalue weighted by Gasteiger charge is -2.20. The van der Waals surface area contributed by atoms with Crippen LogP contribution in [0.15, 0.2) is 16.7 Å². The normalized spacial score (nSPS) is 15.9.